The fourth-order valence-corrected chi connectivity index (χ4v) is 4.81. The molecule has 0 amide bonds. The molecule has 1 N–H and O–H groups in total. The van der Waals surface area contributed by atoms with Gasteiger partial charge < -0.3 is 4.74 Å². The lowest BCUT2D eigenvalue weighted by molar-refractivity contribution is 0.0376. The van der Waals surface area contributed by atoms with E-state index in [1.165, 1.54) is 0 Å². The molecule has 1 aliphatic heterocycles. The van der Waals surface area contributed by atoms with Crippen molar-refractivity contribution in [1.29, 1.82) is 0 Å². The highest BCUT2D eigenvalue weighted by atomic mass is 32.2. The van der Waals surface area contributed by atoms with E-state index in [1.54, 1.807) is 10.9 Å². The van der Waals surface area contributed by atoms with Gasteiger partial charge in [-0.1, -0.05) is 51.1 Å². The lowest BCUT2D eigenvalue weighted by Gasteiger charge is -2.26. The Morgan fingerprint density at radius 2 is 1.83 bits per heavy atom. The second-order valence-electron chi connectivity index (χ2n) is 8.48. The van der Waals surface area contributed by atoms with E-state index in [0.717, 1.165) is 44.8 Å². The molecule has 29 heavy (non-hydrogen) atoms. The maximum absolute atomic E-state index is 13.0. The Balaban J connectivity index is 1.69. The number of benzene rings is 1. The molecule has 1 aromatic heterocycles. The van der Waals surface area contributed by atoms with Gasteiger partial charge in [0.05, 0.1) is 25.5 Å². The molecule has 2 heterocycles. The minimum atomic E-state index is -3.63. The zero-order valence-electron chi connectivity index (χ0n) is 17.6. The van der Waals surface area contributed by atoms with Crippen LogP contribution in [0.5, 0.6) is 0 Å². The van der Waals surface area contributed by atoms with Crippen LogP contribution in [0, 0.1) is 0 Å². The second-order valence-corrected chi connectivity index (χ2v) is 10.2. The Hall–Kier alpha value is -1.74. The molecule has 0 spiro atoms. The summed E-state index contributed by atoms with van der Waals surface area (Å²) in [5.74, 6) is 0. The predicted molar refractivity (Wildman–Crippen MR) is 114 cm³/mol. The number of aromatic nitrogens is 2. The largest absolute Gasteiger partial charge is 0.379 e. The van der Waals surface area contributed by atoms with E-state index in [1.807, 2.05) is 51.1 Å². The molecule has 1 aliphatic rings. The summed E-state index contributed by atoms with van der Waals surface area (Å²) >= 11 is 0. The van der Waals surface area contributed by atoms with Gasteiger partial charge in [-0.3, -0.25) is 9.58 Å². The molecule has 7 nitrogen and oxygen atoms in total. The highest BCUT2D eigenvalue weighted by Gasteiger charge is 2.29. The van der Waals surface area contributed by atoms with Crippen molar-refractivity contribution in [3.05, 3.63) is 47.8 Å². The predicted octanol–water partition coefficient (Wildman–Crippen LogP) is 2.23. The molecule has 3 rings (SSSR count). The summed E-state index contributed by atoms with van der Waals surface area (Å²) in [4.78, 5) is 2.57. The number of hydrogen-bond donors (Lipinski definition) is 1. The molecule has 0 saturated carbocycles. The minimum Gasteiger partial charge on any atom is -0.379 e. The lowest BCUT2D eigenvalue weighted by atomic mass is 9.92. The van der Waals surface area contributed by atoms with E-state index < -0.39 is 10.0 Å². The van der Waals surface area contributed by atoms with Gasteiger partial charge in [-0.15, -0.1) is 0 Å². The fraction of sp³-hybridized carbons (Fsp3) is 0.571. The van der Waals surface area contributed by atoms with Gasteiger partial charge in [0.2, 0.25) is 10.0 Å². The molecule has 160 valence electrons. The number of hydrogen-bond acceptors (Lipinski definition) is 5. The van der Waals surface area contributed by atoms with Crippen molar-refractivity contribution in [2.24, 2.45) is 0 Å². The SMILES string of the molecule is CC(C)(C)c1nn(Cc2ccccc2)cc1S(=O)(=O)NCCCN1CCOCC1. The van der Waals surface area contributed by atoms with Gasteiger partial charge >= 0.3 is 0 Å². The number of morpholine rings is 1. The van der Waals surface area contributed by atoms with Gasteiger partial charge in [0.15, 0.2) is 0 Å². The van der Waals surface area contributed by atoms with Crippen molar-refractivity contribution in [2.75, 3.05) is 39.4 Å². The topological polar surface area (TPSA) is 76.5 Å². The van der Waals surface area contributed by atoms with E-state index in [2.05, 4.69) is 14.7 Å². The second kappa shape index (κ2) is 9.38. The van der Waals surface area contributed by atoms with Crippen LogP contribution < -0.4 is 4.72 Å². The van der Waals surface area contributed by atoms with Crippen molar-refractivity contribution in [2.45, 2.75) is 44.0 Å². The molecule has 1 saturated heterocycles. The molecule has 0 bridgehead atoms. The maximum atomic E-state index is 13.0. The van der Waals surface area contributed by atoms with E-state index in [0.29, 0.717) is 18.8 Å². The van der Waals surface area contributed by atoms with Gasteiger partial charge in [0.25, 0.3) is 0 Å². The highest BCUT2D eigenvalue weighted by molar-refractivity contribution is 7.89. The zero-order chi connectivity index (χ0) is 20.9. The summed E-state index contributed by atoms with van der Waals surface area (Å²) < 4.78 is 35.9. The Morgan fingerprint density at radius 1 is 1.14 bits per heavy atom. The monoisotopic (exact) mass is 420 g/mol. The lowest BCUT2D eigenvalue weighted by Crippen LogP contribution is -2.38. The number of rotatable bonds is 8. The quantitative estimate of drug-likeness (QED) is 0.663. The Bertz CT molecular complexity index is 882. The molecule has 8 heteroatoms. The molecule has 0 unspecified atom stereocenters. The molecular formula is C21H32N4O3S. The smallest absolute Gasteiger partial charge is 0.243 e. The number of ether oxygens (including phenoxy) is 1. The summed E-state index contributed by atoms with van der Waals surface area (Å²) in [5, 5.41) is 4.62. The van der Waals surface area contributed by atoms with Gasteiger partial charge in [0, 0.05) is 31.2 Å². The standard InChI is InChI=1S/C21H32N4O3S/c1-21(2,3)20-19(17-25(23-20)16-18-8-5-4-6-9-18)29(26,27)22-10-7-11-24-12-14-28-15-13-24/h4-6,8-9,17,22H,7,10-16H2,1-3H3. The Labute approximate surface area is 174 Å². The third kappa shape index (κ3) is 6.12. The van der Waals surface area contributed by atoms with Gasteiger partial charge in [-0.2, -0.15) is 5.10 Å². The van der Waals surface area contributed by atoms with Crippen LogP contribution in [-0.2, 0) is 26.7 Å². The molecule has 1 fully saturated rings. The zero-order valence-corrected chi connectivity index (χ0v) is 18.4. The van der Waals surface area contributed by atoms with Gasteiger partial charge in [0.1, 0.15) is 4.90 Å². The van der Waals surface area contributed by atoms with Gasteiger partial charge in [-0.25, -0.2) is 13.1 Å². The summed E-state index contributed by atoms with van der Waals surface area (Å²) in [6.07, 6.45) is 2.42. The fourth-order valence-electron chi connectivity index (χ4n) is 3.38. The highest BCUT2D eigenvalue weighted by Crippen LogP contribution is 2.27. The number of nitrogens with one attached hydrogen (secondary N) is 1. The summed E-state index contributed by atoms with van der Waals surface area (Å²) in [5.41, 5.74) is 1.30. The molecule has 0 atom stereocenters. The van der Waals surface area contributed by atoms with Crippen molar-refractivity contribution in [1.82, 2.24) is 19.4 Å². The van der Waals surface area contributed by atoms with Crippen molar-refractivity contribution in [3.8, 4) is 0 Å². The van der Waals surface area contributed by atoms with Crippen LogP contribution in [0.1, 0.15) is 38.4 Å². The van der Waals surface area contributed by atoms with E-state index >= 15 is 0 Å². The van der Waals surface area contributed by atoms with E-state index in [4.69, 9.17) is 4.74 Å². The molecular weight excluding hydrogens is 388 g/mol. The first kappa shape index (κ1) is 22.0. The van der Waals surface area contributed by atoms with Crippen LogP contribution in [0.25, 0.3) is 0 Å². The van der Waals surface area contributed by atoms with E-state index in [9.17, 15) is 8.42 Å². The third-order valence-corrected chi connectivity index (χ3v) is 6.42. The number of nitrogens with zero attached hydrogens (tertiary/aromatic N) is 3. The maximum Gasteiger partial charge on any atom is 0.243 e. The summed E-state index contributed by atoms with van der Waals surface area (Å²) in [6, 6.07) is 9.92. The third-order valence-electron chi connectivity index (χ3n) is 4.96. The van der Waals surface area contributed by atoms with Crippen LogP contribution in [0.2, 0.25) is 0 Å². The minimum absolute atomic E-state index is 0.271. The average molecular weight is 421 g/mol. The van der Waals surface area contributed by atoms with Crippen LogP contribution in [0.15, 0.2) is 41.4 Å². The summed E-state index contributed by atoms with van der Waals surface area (Å²) in [7, 11) is -3.63. The first-order valence-electron chi connectivity index (χ1n) is 10.2. The van der Waals surface area contributed by atoms with Crippen LogP contribution in [-0.4, -0.2) is 62.5 Å². The van der Waals surface area contributed by atoms with Crippen molar-refractivity contribution in [3.63, 3.8) is 0 Å². The van der Waals surface area contributed by atoms with Crippen molar-refractivity contribution >= 4 is 10.0 Å². The van der Waals surface area contributed by atoms with Crippen LogP contribution >= 0.6 is 0 Å². The average Bonchev–Trinajstić information content (AvgIpc) is 3.12. The molecule has 0 radical (unpaired) electrons. The summed E-state index contributed by atoms with van der Waals surface area (Å²) in [6.45, 7) is 11.1. The van der Waals surface area contributed by atoms with Crippen LogP contribution in [0.4, 0.5) is 0 Å². The van der Waals surface area contributed by atoms with Gasteiger partial charge in [-0.05, 0) is 18.5 Å². The van der Waals surface area contributed by atoms with Crippen molar-refractivity contribution < 1.29 is 13.2 Å². The molecule has 2 aromatic rings. The van der Waals surface area contributed by atoms with E-state index in [-0.39, 0.29) is 10.3 Å². The first-order valence-corrected chi connectivity index (χ1v) is 11.7. The Morgan fingerprint density at radius 3 is 2.48 bits per heavy atom. The van der Waals surface area contributed by atoms with Crippen LogP contribution in [0.3, 0.4) is 0 Å². The molecule has 1 aromatic carbocycles. The molecule has 0 aliphatic carbocycles. The Kier molecular flexibility index (Phi) is 7.10. The normalized spacial score (nSPS) is 16.2. The number of sulfonamides is 1. The first-order chi connectivity index (χ1) is 13.8.